The lowest BCUT2D eigenvalue weighted by Crippen LogP contribution is -2.19. The zero-order valence-corrected chi connectivity index (χ0v) is 11.8. The van der Waals surface area contributed by atoms with E-state index in [9.17, 15) is 4.21 Å². The van der Waals surface area contributed by atoms with Gasteiger partial charge in [0.15, 0.2) is 0 Å². The van der Waals surface area contributed by atoms with Crippen molar-refractivity contribution in [1.29, 1.82) is 0 Å². The molecule has 1 unspecified atom stereocenters. The summed E-state index contributed by atoms with van der Waals surface area (Å²) in [5.41, 5.74) is 4.06. The van der Waals surface area contributed by atoms with E-state index in [2.05, 4.69) is 41.3 Å². The first kappa shape index (κ1) is 12.4. The second-order valence-corrected chi connectivity index (χ2v) is 6.28. The number of benzene rings is 2. The summed E-state index contributed by atoms with van der Waals surface area (Å²) in [5.74, 6) is 0. The molecule has 1 heterocycles. The fourth-order valence-corrected chi connectivity index (χ4v) is 3.10. The van der Waals surface area contributed by atoms with Gasteiger partial charge in [-0.3, -0.25) is 4.21 Å². The molecule has 0 N–H and O–H groups in total. The second kappa shape index (κ2) is 5.17. The molecule has 0 saturated carbocycles. The van der Waals surface area contributed by atoms with Crippen molar-refractivity contribution in [2.75, 3.05) is 17.7 Å². The maximum absolute atomic E-state index is 11.4. The first-order valence-corrected chi connectivity index (χ1v) is 8.05. The van der Waals surface area contributed by atoms with Gasteiger partial charge in [0.25, 0.3) is 0 Å². The molecular weight excluding hydrogens is 254 g/mol. The van der Waals surface area contributed by atoms with Gasteiger partial charge in [-0.15, -0.1) is 0 Å². The van der Waals surface area contributed by atoms with Gasteiger partial charge in [-0.2, -0.15) is 0 Å². The predicted octanol–water partition coefficient (Wildman–Crippen LogP) is 2.99. The van der Waals surface area contributed by atoms with E-state index < -0.39 is 10.8 Å². The van der Waals surface area contributed by atoms with E-state index in [-0.39, 0.29) is 0 Å². The molecule has 1 aliphatic rings. The van der Waals surface area contributed by atoms with Crippen LogP contribution in [0.1, 0.15) is 11.1 Å². The third-order valence-electron chi connectivity index (χ3n) is 3.61. The molecule has 0 saturated heterocycles. The van der Waals surface area contributed by atoms with Crippen LogP contribution in [0.2, 0.25) is 0 Å². The van der Waals surface area contributed by atoms with Crippen LogP contribution in [0.15, 0.2) is 53.4 Å². The molecule has 2 nitrogen and oxygen atoms in total. The highest BCUT2D eigenvalue weighted by Gasteiger charge is 2.17. The van der Waals surface area contributed by atoms with Gasteiger partial charge >= 0.3 is 0 Å². The van der Waals surface area contributed by atoms with Crippen LogP contribution in [-0.2, 0) is 23.8 Å². The Labute approximate surface area is 116 Å². The zero-order chi connectivity index (χ0) is 13.2. The Kier molecular flexibility index (Phi) is 3.38. The van der Waals surface area contributed by atoms with Crippen LogP contribution in [0.5, 0.6) is 0 Å². The van der Waals surface area contributed by atoms with Crippen molar-refractivity contribution in [2.24, 2.45) is 0 Å². The highest BCUT2D eigenvalue weighted by molar-refractivity contribution is 7.84. The minimum Gasteiger partial charge on any atom is -0.367 e. The van der Waals surface area contributed by atoms with Crippen LogP contribution in [0, 0.1) is 0 Å². The number of hydrogen-bond acceptors (Lipinski definition) is 2. The number of nitrogens with zero attached hydrogens (tertiary/aromatic N) is 1. The fraction of sp³-hybridized carbons (Fsp3) is 0.250. The minimum absolute atomic E-state index is 0.891. The molecular formula is C16H17NOS. The molecule has 3 heteroatoms. The normalized spacial score (nSPS) is 15.3. The lowest BCUT2D eigenvalue weighted by Gasteiger charge is -2.19. The number of fused-ring (bicyclic) bond motifs is 1. The average molecular weight is 271 g/mol. The van der Waals surface area contributed by atoms with Crippen molar-refractivity contribution in [2.45, 2.75) is 17.9 Å². The minimum atomic E-state index is -0.891. The summed E-state index contributed by atoms with van der Waals surface area (Å²) in [5, 5.41) is 0. The third-order valence-corrected chi connectivity index (χ3v) is 4.55. The van der Waals surface area contributed by atoms with Crippen molar-refractivity contribution < 1.29 is 4.21 Å². The Morgan fingerprint density at radius 3 is 2.58 bits per heavy atom. The topological polar surface area (TPSA) is 20.3 Å². The summed E-state index contributed by atoms with van der Waals surface area (Å²) in [6, 6.07) is 16.7. The largest absolute Gasteiger partial charge is 0.367 e. The molecule has 3 rings (SSSR count). The van der Waals surface area contributed by atoms with Crippen LogP contribution in [0.3, 0.4) is 0 Å². The van der Waals surface area contributed by atoms with E-state index in [1.807, 2.05) is 12.1 Å². The van der Waals surface area contributed by atoms with Crippen LogP contribution in [-0.4, -0.2) is 17.0 Å². The van der Waals surface area contributed by atoms with Crippen molar-refractivity contribution in [3.05, 3.63) is 59.7 Å². The summed E-state index contributed by atoms with van der Waals surface area (Å²) >= 11 is 0. The quantitative estimate of drug-likeness (QED) is 0.855. The third kappa shape index (κ3) is 2.56. The Bertz CT molecular complexity index is 606. The van der Waals surface area contributed by atoms with E-state index in [0.29, 0.717) is 0 Å². The Balaban J connectivity index is 1.78. The molecule has 0 aromatic heterocycles. The number of rotatable bonds is 3. The van der Waals surface area contributed by atoms with E-state index in [4.69, 9.17) is 0 Å². The number of hydrogen-bond donors (Lipinski definition) is 0. The van der Waals surface area contributed by atoms with Crippen molar-refractivity contribution >= 4 is 16.5 Å². The smallest absolute Gasteiger partial charge is 0.0498 e. The van der Waals surface area contributed by atoms with Gasteiger partial charge in [0.05, 0.1) is 0 Å². The molecule has 98 valence electrons. The van der Waals surface area contributed by atoms with Gasteiger partial charge in [0.1, 0.15) is 0 Å². The maximum Gasteiger partial charge on any atom is 0.0498 e. The molecule has 0 amide bonds. The fourth-order valence-electron chi connectivity index (χ4n) is 2.58. The first-order chi connectivity index (χ1) is 9.24. The average Bonchev–Trinajstić information content (AvgIpc) is 2.83. The standard InChI is InChI=1S/C16H17NOS/c1-19(18)15-8-6-13(7-9-15)12-17-11-10-14-4-2-3-5-16(14)17/h2-9H,10-12H2,1H3. The summed E-state index contributed by atoms with van der Waals surface area (Å²) in [7, 11) is -0.891. The Morgan fingerprint density at radius 2 is 1.84 bits per heavy atom. The maximum atomic E-state index is 11.4. The van der Waals surface area contributed by atoms with Crippen LogP contribution >= 0.6 is 0 Å². The van der Waals surface area contributed by atoms with Crippen molar-refractivity contribution in [3.8, 4) is 0 Å². The first-order valence-electron chi connectivity index (χ1n) is 6.49. The molecule has 2 aromatic carbocycles. The Hall–Kier alpha value is -1.61. The molecule has 0 fully saturated rings. The summed E-state index contributed by atoms with van der Waals surface area (Å²) < 4.78 is 11.4. The van der Waals surface area contributed by atoms with Crippen molar-refractivity contribution in [3.63, 3.8) is 0 Å². The molecule has 1 aliphatic heterocycles. The highest BCUT2D eigenvalue weighted by atomic mass is 32.2. The highest BCUT2D eigenvalue weighted by Crippen LogP contribution is 2.28. The summed E-state index contributed by atoms with van der Waals surface area (Å²) in [4.78, 5) is 3.30. The van der Waals surface area contributed by atoms with Gasteiger partial charge in [0, 0.05) is 40.7 Å². The van der Waals surface area contributed by atoms with Gasteiger partial charge in [-0.25, -0.2) is 0 Å². The molecule has 0 aliphatic carbocycles. The van der Waals surface area contributed by atoms with Crippen LogP contribution < -0.4 is 4.90 Å². The zero-order valence-electron chi connectivity index (χ0n) is 11.0. The monoisotopic (exact) mass is 271 g/mol. The van der Waals surface area contributed by atoms with Gasteiger partial charge in [-0.05, 0) is 35.7 Å². The van der Waals surface area contributed by atoms with Gasteiger partial charge in [-0.1, -0.05) is 30.3 Å². The number of para-hydroxylation sites is 1. The predicted molar refractivity (Wildman–Crippen MR) is 80.0 cm³/mol. The summed E-state index contributed by atoms with van der Waals surface area (Å²) in [6.07, 6.45) is 2.85. The van der Waals surface area contributed by atoms with Gasteiger partial charge < -0.3 is 4.90 Å². The van der Waals surface area contributed by atoms with Crippen LogP contribution in [0.25, 0.3) is 0 Å². The molecule has 19 heavy (non-hydrogen) atoms. The van der Waals surface area contributed by atoms with E-state index in [1.165, 1.54) is 16.8 Å². The lowest BCUT2D eigenvalue weighted by atomic mass is 10.1. The van der Waals surface area contributed by atoms with Gasteiger partial charge in [0.2, 0.25) is 0 Å². The van der Waals surface area contributed by atoms with Crippen molar-refractivity contribution in [1.82, 2.24) is 0 Å². The SMILES string of the molecule is CS(=O)c1ccc(CN2CCc3ccccc32)cc1. The van der Waals surface area contributed by atoms with E-state index in [1.54, 1.807) is 6.26 Å². The molecule has 0 bridgehead atoms. The second-order valence-electron chi connectivity index (χ2n) is 4.90. The van der Waals surface area contributed by atoms with Crippen LogP contribution in [0.4, 0.5) is 5.69 Å². The molecule has 0 spiro atoms. The molecule has 1 atom stereocenters. The Morgan fingerprint density at radius 1 is 1.11 bits per heavy atom. The van der Waals surface area contributed by atoms with E-state index in [0.717, 1.165) is 24.4 Å². The molecule has 2 aromatic rings. The van der Waals surface area contributed by atoms with E-state index >= 15 is 0 Å². The number of anilines is 1. The summed E-state index contributed by atoms with van der Waals surface area (Å²) in [6.45, 7) is 2.01. The molecule has 0 radical (unpaired) electrons. The lowest BCUT2D eigenvalue weighted by molar-refractivity contribution is 0.686.